The fourth-order valence-corrected chi connectivity index (χ4v) is 1.95. The van der Waals surface area contributed by atoms with Crippen LogP contribution in [0.1, 0.15) is 45.6 Å². The zero-order valence-electron chi connectivity index (χ0n) is 11.4. The molecule has 1 N–H and O–H groups in total. The summed E-state index contributed by atoms with van der Waals surface area (Å²) in [6, 6.07) is 5.72. The minimum Gasteiger partial charge on any atom is -0.382 e. The van der Waals surface area contributed by atoms with Crippen molar-refractivity contribution in [1.82, 2.24) is 0 Å². The van der Waals surface area contributed by atoms with Gasteiger partial charge in [-0.25, -0.2) is 4.39 Å². The Morgan fingerprint density at radius 1 is 1.24 bits per heavy atom. The van der Waals surface area contributed by atoms with Gasteiger partial charge in [0.2, 0.25) is 0 Å². The number of aryl methyl sites for hydroxylation is 1. The SMILES string of the molecule is CCC(C)CC(CC)Nc1ccc(F)c(C)c1. The number of halogens is 1. The number of nitrogens with one attached hydrogen (secondary N) is 1. The molecule has 0 heterocycles. The van der Waals surface area contributed by atoms with Gasteiger partial charge in [-0.1, -0.05) is 27.2 Å². The van der Waals surface area contributed by atoms with E-state index in [1.165, 1.54) is 18.9 Å². The third-order valence-corrected chi connectivity index (χ3v) is 3.41. The van der Waals surface area contributed by atoms with E-state index in [1.807, 2.05) is 12.1 Å². The van der Waals surface area contributed by atoms with Gasteiger partial charge in [-0.05, 0) is 49.4 Å². The maximum absolute atomic E-state index is 13.2. The highest BCUT2D eigenvalue weighted by molar-refractivity contribution is 5.46. The Morgan fingerprint density at radius 2 is 1.94 bits per heavy atom. The van der Waals surface area contributed by atoms with E-state index in [4.69, 9.17) is 0 Å². The van der Waals surface area contributed by atoms with E-state index in [1.54, 1.807) is 6.92 Å². The Balaban J connectivity index is 2.63. The lowest BCUT2D eigenvalue weighted by molar-refractivity contribution is 0.461. The number of hydrogen-bond donors (Lipinski definition) is 1. The van der Waals surface area contributed by atoms with Crippen molar-refractivity contribution in [2.45, 2.75) is 53.0 Å². The highest BCUT2D eigenvalue weighted by Crippen LogP contribution is 2.19. The molecule has 1 rings (SSSR count). The Morgan fingerprint density at radius 3 is 2.47 bits per heavy atom. The van der Waals surface area contributed by atoms with Crippen molar-refractivity contribution in [3.05, 3.63) is 29.6 Å². The van der Waals surface area contributed by atoms with E-state index in [2.05, 4.69) is 26.1 Å². The van der Waals surface area contributed by atoms with Crippen molar-refractivity contribution >= 4 is 5.69 Å². The third kappa shape index (κ3) is 4.37. The first-order valence-corrected chi connectivity index (χ1v) is 6.59. The summed E-state index contributed by atoms with van der Waals surface area (Å²) in [7, 11) is 0. The van der Waals surface area contributed by atoms with Gasteiger partial charge in [-0.15, -0.1) is 0 Å². The average molecular weight is 237 g/mol. The van der Waals surface area contributed by atoms with E-state index >= 15 is 0 Å². The van der Waals surface area contributed by atoms with E-state index in [0.717, 1.165) is 18.0 Å². The molecule has 1 nitrogen and oxygen atoms in total. The number of hydrogen-bond acceptors (Lipinski definition) is 1. The van der Waals surface area contributed by atoms with Crippen molar-refractivity contribution in [3.63, 3.8) is 0 Å². The van der Waals surface area contributed by atoms with Crippen LogP contribution in [-0.4, -0.2) is 6.04 Å². The second-order valence-electron chi connectivity index (χ2n) is 4.96. The van der Waals surface area contributed by atoms with Crippen molar-refractivity contribution in [3.8, 4) is 0 Å². The molecule has 17 heavy (non-hydrogen) atoms. The number of benzene rings is 1. The molecule has 0 aliphatic heterocycles. The van der Waals surface area contributed by atoms with E-state index in [9.17, 15) is 4.39 Å². The Hall–Kier alpha value is -1.05. The largest absolute Gasteiger partial charge is 0.382 e. The second-order valence-corrected chi connectivity index (χ2v) is 4.96. The molecule has 0 amide bonds. The highest BCUT2D eigenvalue weighted by atomic mass is 19.1. The first kappa shape index (κ1) is 14.0. The maximum atomic E-state index is 13.2. The van der Waals surface area contributed by atoms with Crippen molar-refractivity contribution in [1.29, 1.82) is 0 Å². The summed E-state index contributed by atoms with van der Waals surface area (Å²) in [4.78, 5) is 0. The molecular weight excluding hydrogens is 213 g/mol. The second kappa shape index (κ2) is 6.63. The lowest BCUT2D eigenvalue weighted by Gasteiger charge is -2.21. The van der Waals surface area contributed by atoms with Crippen LogP contribution in [0.3, 0.4) is 0 Å². The third-order valence-electron chi connectivity index (χ3n) is 3.41. The van der Waals surface area contributed by atoms with Crippen LogP contribution >= 0.6 is 0 Å². The molecule has 0 fully saturated rings. The molecule has 0 spiro atoms. The first-order valence-electron chi connectivity index (χ1n) is 6.59. The first-order chi connectivity index (χ1) is 8.06. The van der Waals surface area contributed by atoms with Crippen LogP contribution in [0.15, 0.2) is 18.2 Å². The van der Waals surface area contributed by atoms with E-state index < -0.39 is 0 Å². The van der Waals surface area contributed by atoms with Crippen molar-refractivity contribution in [2.24, 2.45) is 5.92 Å². The number of rotatable bonds is 6. The molecule has 0 radical (unpaired) electrons. The molecule has 96 valence electrons. The highest BCUT2D eigenvalue weighted by Gasteiger charge is 2.10. The maximum Gasteiger partial charge on any atom is 0.126 e. The van der Waals surface area contributed by atoms with Crippen LogP contribution in [0.5, 0.6) is 0 Å². The van der Waals surface area contributed by atoms with Gasteiger partial charge in [-0.2, -0.15) is 0 Å². The molecule has 2 unspecified atom stereocenters. The molecule has 0 bridgehead atoms. The monoisotopic (exact) mass is 237 g/mol. The molecule has 0 aliphatic rings. The Kier molecular flexibility index (Phi) is 5.46. The van der Waals surface area contributed by atoms with Crippen LogP contribution in [0.2, 0.25) is 0 Å². The van der Waals surface area contributed by atoms with Gasteiger partial charge in [0.15, 0.2) is 0 Å². The van der Waals surface area contributed by atoms with Crippen molar-refractivity contribution < 1.29 is 4.39 Å². The van der Waals surface area contributed by atoms with Crippen LogP contribution in [0, 0.1) is 18.7 Å². The normalized spacial score (nSPS) is 14.4. The minimum absolute atomic E-state index is 0.134. The van der Waals surface area contributed by atoms with E-state index in [-0.39, 0.29) is 5.82 Å². The summed E-state index contributed by atoms with van der Waals surface area (Å²) in [6.45, 7) is 8.49. The van der Waals surface area contributed by atoms with Crippen molar-refractivity contribution in [2.75, 3.05) is 5.32 Å². The Labute approximate surface area is 104 Å². The zero-order chi connectivity index (χ0) is 12.8. The fourth-order valence-electron chi connectivity index (χ4n) is 1.95. The molecule has 2 atom stereocenters. The number of anilines is 1. The van der Waals surface area contributed by atoms with Gasteiger partial charge in [0.25, 0.3) is 0 Å². The van der Waals surface area contributed by atoms with Gasteiger partial charge < -0.3 is 5.32 Å². The van der Waals surface area contributed by atoms with Crippen LogP contribution in [-0.2, 0) is 0 Å². The summed E-state index contributed by atoms with van der Waals surface area (Å²) < 4.78 is 13.2. The molecule has 0 aliphatic carbocycles. The summed E-state index contributed by atoms with van der Waals surface area (Å²) in [5.41, 5.74) is 1.73. The average Bonchev–Trinajstić information content (AvgIpc) is 2.32. The lowest BCUT2D eigenvalue weighted by atomic mass is 9.97. The summed E-state index contributed by atoms with van der Waals surface area (Å²) >= 11 is 0. The van der Waals surface area contributed by atoms with E-state index in [0.29, 0.717) is 11.6 Å². The van der Waals surface area contributed by atoms with Gasteiger partial charge >= 0.3 is 0 Å². The Bertz CT molecular complexity index is 349. The quantitative estimate of drug-likeness (QED) is 0.752. The molecule has 0 saturated carbocycles. The smallest absolute Gasteiger partial charge is 0.126 e. The standard InChI is InChI=1S/C15H24FN/c1-5-11(3)9-13(6-2)17-14-7-8-15(16)12(4)10-14/h7-8,10-11,13,17H,5-6,9H2,1-4H3. The minimum atomic E-state index is -0.134. The topological polar surface area (TPSA) is 12.0 Å². The van der Waals surface area contributed by atoms with Crippen LogP contribution < -0.4 is 5.32 Å². The van der Waals surface area contributed by atoms with Gasteiger partial charge in [-0.3, -0.25) is 0 Å². The fraction of sp³-hybridized carbons (Fsp3) is 0.600. The van der Waals surface area contributed by atoms with Gasteiger partial charge in [0, 0.05) is 11.7 Å². The lowest BCUT2D eigenvalue weighted by Crippen LogP contribution is -2.21. The summed E-state index contributed by atoms with van der Waals surface area (Å²) in [5.74, 6) is 0.597. The predicted octanol–water partition coefficient (Wildman–Crippen LogP) is 4.76. The van der Waals surface area contributed by atoms with Crippen LogP contribution in [0.25, 0.3) is 0 Å². The summed E-state index contributed by atoms with van der Waals surface area (Å²) in [6.07, 6.45) is 3.48. The molecule has 1 aromatic carbocycles. The van der Waals surface area contributed by atoms with Gasteiger partial charge in [0.05, 0.1) is 0 Å². The summed E-state index contributed by atoms with van der Waals surface area (Å²) in [5, 5.41) is 3.50. The molecular formula is C15H24FN. The molecule has 0 aromatic heterocycles. The molecule has 1 aromatic rings. The molecule has 0 saturated heterocycles. The van der Waals surface area contributed by atoms with Crippen LogP contribution in [0.4, 0.5) is 10.1 Å². The zero-order valence-corrected chi connectivity index (χ0v) is 11.4. The predicted molar refractivity (Wildman–Crippen MR) is 72.9 cm³/mol. The van der Waals surface area contributed by atoms with Gasteiger partial charge in [0.1, 0.15) is 5.82 Å². The molecule has 2 heteroatoms.